The summed E-state index contributed by atoms with van der Waals surface area (Å²) in [6.45, 7) is 9.42. The van der Waals surface area contributed by atoms with Crippen LogP contribution in [0.1, 0.15) is 375 Å². The molecule has 0 fully saturated rings. The molecule has 0 bridgehead atoms. The van der Waals surface area contributed by atoms with Gasteiger partial charge in [0.2, 0.25) is 0 Å². The summed E-state index contributed by atoms with van der Waals surface area (Å²) in [6, 6.07) is 0. The van der Waals surface area contributed by atoms with Gasteiger partial charge in [0.05, 0.1) is 26.4 Å². The Bertz CT molecular complexity index is 1790. The van der Waals surface area contributed by atoms with E-state index in [1.165, 1.54) is 186 Å². The van der Waals surface area contributed by atoms with Gasteiger partial charge >= 0.3 is 39.5 Å². The van der Waals surface area contributed by atoms with E-state index in [1.807, 2.05) is 0 Å². The molecule has 5 atom stereocenters. The molecular weight excluding hydrogens is 1210 g/mol. The van der Waals surface area contributed by atoms with Gasteiger partial charge < -0.3 is 33.8 Å². The molecule has 0 saturated carbocycles. The molecule has 0 amide bonds. The quantitative estimate of drug-likeness (QED) is 0.0222. The lowest BCUT2D eigenvalue weighted by molar-refractivity contribution is -0.161. The smallest absolute Gasteiger partial charge is 0.462 e. The van der Waals surface area contributed by atoms with Crippen LogP contribution in [0.2, 0.25) is 0 Å². The predicted molar refractivity (Wildman–Crippen MR) is 372 cm³/mol. The van der Waals surface area contributed by atoms with E-state index in [2.05, 4.69) is 41.5 Å². The summed E-state index contributed by atoms with van der Waals surface area (Å²) in [5, 5.41) is 10.6. The number of esters is 4. The molecule has 2 unspecified atom stereocenters. The van der Waals surface area contributed by atoms with Crippen molar-refractivity contribution in [2.75, 3.05) is 39.6 Å². The highest BCUT2D eigenvalue weighted by molar-refractivity contribution is 7.47. The normalized spacial score (nSPS) is 14.1. The zero-order chi connectivity index (χ0) is 67.9. The van der Waals surface area contributed by atoms with Crippen LogP contribution in [0, 0.1) is 11.8 Å². The highest BCUT2D eigenvalue weighted by Crippen LogP contribution is 2.45. The Morgan fingerprint density at radius 2 is 0.500 bits per heavy atom. The first-order valence-electron chi connectivity index (χ1n) is 38.0. The third kappa shape index (κ3) is 66.7. The Morgan fingerprint density at radius 1 is 0.293 bits per heavy atom. The van der Waals surface area contributed by atoms with Crippen LogP contribution in [0.3, 0.4) is 0 Å². The fourth-order valence-electron chi connectivity index (χ4n) is 11.1. The van der Waals surface area contributed by atoms with E-state index in [0.717, 1.165) is 102 Å². The number of phosphoric ester groups is 2. The van der Waals surface area contributed by atoms with Crippen molar-refractivity contribution in [3.05, 3.63) is 0 Å². The van der Waals surface area contributed by atoms with E-state index < -0.39 is 97.5 Å². The zero-order valence-corrected chi connectivity index (χ0v) is 61.6. The van der Waals surface area contributed by atoms with Crippen LogP contribution in [0.5, 0.6) is 0 Å². The van der Waals surface area contributed by atoms with Crippen molar-refractivity contribution >= 4 is 39.5 Å². The van der Waals surface area contributed by atoms with E-state index in [1.54, 1.807) is 0 Å². The summed E-state index contributed by atoms with van der Waals surface area (Å²) in [4.78, 5) is 72.3. The average molecular weight is 1350 g/mol. The second kappa shape index (κ2) is 65.0. The fraction of sp³-hybridized carbons (Fsp3) is 0.945. The molecule has 0 rings (SSSR count). The van der Waals surface area contributed by atoms with Gasteiger partial charge in [-0.25, -0.2) is 9.13 Å². The number of hydrogen-bond acceptors (Lipinski definition) is 15. The molecule has 0 aliphatic rings. The second-order valence-electron chi connectivity index (χ2n) is 27.3. The van der Waals surface area contributed by atoms with Crippen molar-refractivity contribution in [2.45, 2.75) is 394 Å². The third-order valence-electron chi connectivity index (χ3n) is 17.0. The molecule has 0 aromatic carbocycles. The maximum atomic E-state index is 13.1. The van der Waals surface area contributed by atoms with Gasteiger partial charge in [0.25, 0.3) is 0 Å². The van der Waals surface area contributed by atoms with Crippen molar-refractivity contribution in [2.24, 2.45) is 11.8 Å². The molecule has 3 N–H and O–H groups in total. The number of aliphatic hydroxyl groups is 1. The van der Waals surface area contributed by atoms with Crippen molar-refractivity contribution in [1.82, 2.24) is 0 Å². The van der Waals surface area contributed by atoms with Gasteiger partial charge in [-0.15, -0.1) is 0 Å². The third-order valence-corrected chi connectivity index (χ3v) is 18.9. The molecule has 92 heavy (non-hydrogen) atoms. The van der Waals surface area contributed by atoms with E-state index in [9.17, 15) is 43.2 Å². The van der Waals surface area contributed by atoms with Gasteiger partial charge in [0.1, 0.15) is 19.3 Å². The first kappa shape index (κ1) is 90.1. The summed E-state index contributed by atoms with van der Waals surface area (Å²) in [6.07, 6.45) is 52.1. The number of aliphatic hydroxyl groups excluding tert-OH is 1. The van der Waals surface area contributed by atoms with E-state index in [4.69, 9.17) is 37.0 Å². The number of carbonyl (C=O) groups is 4. The number of rotatable bonds is 72. The Labute approximate surface area is 562 Å². The number of unbranched alkanes of at least 4 members (excludes halogenated alkanes) is 42. The summed E-state index contributed by atoms with van der Waals surface area (Å²) >= 11 is 0. The summed E-state index contributed by atoms with van der Waals surface area (Å²) in [7, 11) is -9.89. The molecule has 546 valence electrons. The van der Waals surface area contributed by atoms with Crippen molar-refractivity contribution in [1.29, 1.82) is 0 Å². The molecule has 19 heteroatoms. The minimum Gasteiger partial charge on any atom is -0.462 e. The number of hydrogen-bond donors (Lipinski definition) is 3. The van der Waals surface area contributed by atoms with Crippen molar-refractivity contribution < 1.29 is 80.2 Å². The first-order chi connectivity index (χ1) is 44.4. The Kier molecular flexibility index (Phi) is 63.7. The topological polar surface area (TPSA) is 237 Å². The maximum absolute atomic E-state index is 13.1. The molecular formula is C73H142O17P2. The van der Waals surface area contributed by atoms with Gasteiger partial charge in [0, 0.05) is 25.7 Å². The van der Waals surface area contributed by atoms with Gasteiger partial charge in [-0.1, -0.05) is 324 Å². The molecule has 17 nitrogen and oxygen atoms in total. The van der Waals surface area contributed by atoms with E-state index in [0.29, 0.717) is 31.6 Å². The lowest BCUT2D eigenvalue weighted by Crippen LogP contribution is -2.30. The molecule has 0 spiro atoms. The SMILES string of the molecule is CCCCCCCCCCCCCCCCCCCCCCCCC(=O)O[C@H](COC(=O)CCCCCCCCCCCCCCC(C)C)COP(=O)(O)OC[C@@H](O)COP(=O)(O)OC[C@@H](COC(=O)CCCCCCC)OC(=O)CCCCCCCCCC(C)C. The monoisotopic (exact) mass is 1350 g/mol. The minimum atomic E-state index is -4.95. The highest BCUT2D eigenvalue weighted by Gasteiger charge is 2.30. The minimum absolute atomic E-state index is 0.103. The van der Waals surface area contributed by atoms with Gasteiger partial charge in [-0.05, 0) is 37.5 Å². The fourth-order valence-corrected chi connectivity index (χ4v) is 12.7. The van der Waals surface area contributed by atoms with Crippen LogP contribution >= 0.6 is 15.6 Å². The molecule has 0 aliphatic heterocycles. The number of ether oxygens (including phenoxy) is 4. The molecule has 0 radical (unpaired) electrons. The summed E-state index contributed by atoms with van der Waals surface area (Å²) in [5.41, 5.74) is 0. The van der Waals surface area contributed by atoms with Crippen LogP contribution in [-0.2, 0) is 65.4 Å². The van der Waals surface area contributed by atoms with Gasteiger partial charge in [-0.2, -0.15) is 0 Å². The van der Waals surface area contributed by atoms with E-state index in [-0.39, 0.29) is 25.7 Å². The average Bonchev–Trinajstić information content (AvgIpc) is 1.86. The molecule has 0 saturated heterocycles. The van der Waals surface area contributed by atoms with Gasteiger partial charge in [-0.3, -0.25) is 37.3 Å². The second-order valence-corrected chi connectivity index (χ2v) is 30.2. The van der Waals surface area contributed by atoms with Crippen LogP contribution < -0.4 is 0 Å². The van der Waals surface area contributed by atoms with Gasteiger partial charge in [0.15, 0.2) is 12.2 Å². The lowest BCUT2D eigenvalue weighted by Gasteiger charge is -2.21. The van der Waals surface area contributed by atoms with E-state index >= 15 is 0 Å². The highest BCUT2D eigenvalue weighted by atomic mass is 31.2. The summed E-state index contributed by atoms with van der Waals surface area (Å²) < 4.78 is 68.1. The molecule has 0 aliphatic carbocycles. The first-order valence-corrected chi connectivity index (χ1v) is 41.0. The predicted octanol–water partition coefficient (Wildman–Crippen LogP) is 21.2. The van der Waals surface area contributed by atoms with Crippen molar-refractivity contribution in [3.8, 4) is 0 Å². The Morgan fingerprint density at radius 3 is 0.739 bits per heavy atom. The van der Waals surface area contributed by atoms with Crippen molar-refractivity contribution in [3.63, 3.8) is 0 Å². The Hall–Kier alpha value is -1.94. The molecule has 0 heterocycles. The summed E-state index contributed by atoms with van der Waals surface area (Å²) in [5.74, 6) is -0.658. The van der Waals surface area contributed by atoms with Crippen LogP contribution in [0.15, 0.2) is 0 Å². The molecule has 0 aromatic rings. The maximum Gasteiger partial charge on any atom is 0.472 e. The number of phosphoric acid groups is 2. The Balaban J connectivity index is 5.10. The van der Waals surface area contributed by atoms with Crippen LogP contribution in [0.25, 0.3) is 0 Å². The molecule has 0 aromatic heterocycles. The lowest BCUT2D eigenvalue weighted by atomic mass is 10.0. The zero-order valence-electron chi connectivity index (χ0n) is 59.9. The standard InChI is InChI=1S/C73H142O17P2/c1-7-9-11-13-14-15-16-17-18-19-20-21-22-23-24-25-26-31-34-39-45-51-57-72(77)90-69(62-84-71(76)56-50-44-38-33-30-28-27-29-32-36-42-47-53-65(3)4)64-88-92(81,82)86-60-67(74)59-85-91(79,80)87-63-68(61-83-70(75)55-49-41-12-10-8-2)89-73(78)58-52-46-40-35-37-43-48-54-66(5)6/h65-69,74H,7-64H2,1-6H3,(H,79,80)(H,81,82)/t67-,68+,69+/m0/s1. The largest absolute Gasteiger partial charge is 0.472 e. The van der Waals surface area contributed by atoms with Crippen LogP contribution in [0.4, 0.5) is 0 Å². The van der Waals surface area contributed by atoms with Crippen LogP contribution in [-0.4, -0.2) is 96.7 Å². The number of carbonyl (C=O) groups excluding carboxylic acids is 4.